The van der Waals surface area contributed by atoms with Crippen molar-refractivity contribution >= 4 is 23.5 Å². The van der Waals surface area contributed by atoms with E-state index >= 15 is 0 Å². The van der Waals surface area contributed by atoms with Crippen LogP contribution in [-0.4, -0.2) is 24.5 Å². The Bertz CT molecular complexity index is 417. The zero-order valence-corrected chi connectivity index (χ0v) is 10.5. The van der Waals surface area contributed by atoms with Crippen molar-refractivity contribution in [3.8, 4) is 0 Å². The molecule has 1 amide bonds. The number of para-hydroxylation sites is 1. The molecule has 0 unspecified atom stereocenters. The van der Waals surface area contributed by atoms with E-state index in [4.69, 9.17) is 4.74 Å². The summed E-state index contributed by atoms with van der Waals surface area (Å²) in [7, 11) is 1.42. The van der Waals surface area contributed by atoms with Crippen LogP contribution >= 0.6 is 11.8 Å². The van der Waals surface area contributed by atoms with E-state index in [0.717, 1.165) is 10.6 Å². The first-order valence-corrected chi connectivity index (χ1v) is 5.99. The van der Waals surface area contributed by atoms with Crippen molar-refractivity contribution in [1.82, 2.24) is 0 Å². The lowest BCUT2D eigenvalue weighted by Crippen LogP contribution is -2.43. The molecule has 0 aromatic heterocycles. The van der Waals surface area contributed by atoms with Crippen LogP contribution in [0.5, 0.6) is 0 Å². The van der Waals surface area contributed by atoms with Gasteiger partial charge < -0.3 is 4.74 Å². The van der Waals surface area contributed by atoms with Crippen molar-refractivity contribution in [3.05, 3.63) is 24.3 Å². The predicted molar refractivity (Wildman–Crippen MR) is 66.1 cm³/mol. The molecule has 1 aromatic carbocycles. The molecule has 0 spiro atoms. The van der Waals surface area contributed by atoms with Crippen LogP contribution in [0.25, 0.3) is 0 Å². The molecule has 1 aliphatic heterocycles. The molecular formula is C12H15NO2S. The summed E-state index contributed by atoms with van der Waals surface area (Å²) in [5.41, 5.74) is 0.943. The van der Waals surface area contributed by atoms with Crippen LogP contribution in [0.15, 0.2) is 29.2 Å². The fourth-order valence-corrected chi connectivity index (χ4v) is 3.05. The Balaban J connectivity index is 2.43. The molecule has 0 atom stereocenters. The van der Waals surface area contributed by atoms with Crippen molar-refractivity contribution < 1.29 is 9.53 Å². The van der Waals surface area contributed by atoms with E-state index in [0.29, 0.717) is 6.54 Å². The first-order valence-electron chi connectivity index (χ1n) is 5.17. The average Bonchev–Trinajstić information content (AvgIpc) is 2.25. The Kier molecular flexibility index (Phi) is 2.84. The van der Waals surface area contributed by atoms with Crippen LogP contribution < -0.4 is 4.90 Å². The number of carbonyl (C=O) groups excluding carboxylic acids is 1. The van der Waals surface area contributed by atoms with E-state index in [-0.39, 0.29) is 10.8 Å². The Morgan fingerprint density at radius 1 is 1.44 bits per heavy atom. The third kappa shape index (κ3) is 2.02. The second-order valence-electron chi connectivity index (χ2n) is 4.39. The van der Waals surface area contributed by atoms with E-state index < -0.39 is 0 Å². The molecule has 1 heterocycles. The van der Waals surface area contributed by atoms with Gasteiger partial charge in [-0.05, 0) is 26.0 Å². The topological polar surface area (TPSA) is 29.5 Å². The summed E-state index contributed by atoms with van der Waals surface area (Å²) in [6, 6.07) is 7.92. The van der Waals surface area contributed by atoms with E-state index in [2.05, 4.69) is 13.8 Å². The molecule has 0 saturated carbocycles. The second kappa shape index (κ2) is 4.01. The first-order chi connectivity index (χ1) is 7.53. The highest BCUT2D eigenvalue weighted by Crippen LogP contribution is 2.44. The van der Waals surface area contributed by atoms with E-state index in [9.17, 15) is 4.79 Å². The van der Waals surface area contributed by atoms with Crippen molar-refractivity contribution in [1.29, 1.82) is 0 Å². The van der Waals surface area contributed by atoms with Gasteiger partial charge >= 0.3 is 6.09 Å². The number of methoxy groups -OCH3 is 1. The molecule has 0 saturated heterocycles. The number of carbonyl (C=O) groups is 1. The smallest absolute Gasteiger partial charge is 0.414 e. The normalized spacial score (nSPS) is 17.8. The highest BCUT2D eigenvalue weighted by Gasteiger charge is 2.34. The van der Waals surface area contributed by atoms with Gasteiger partial charge in [-0.25, -0.2) is 4.79 Å². The van der Waals surface area contributed by atoms with E-state index in [1.165, 1.54) is 7.11 Å². The van der Waals surface area contributed by atoms with Gasteiger partial charge in [-0.2, -0.15) is 0 Å². The molecule has 0 bridgehead atoms. The number of amides is 1. The minimum absolute atomic E-state index is 0.0164. The van der Waals surface area contributed by atoms with Crippen LogP contribution in [0.3, 0.4) is 0 Å². The lowest BCUT2D eigenvalue weighted by Gasteiger charge is -2.37. The van der Waals surface area contributed by atoms with Gasteiger partial charge in [0, 0.05) is 16.2 Å². The number of rotatable bonds is 0. The summed E-state index contributed by atoms with van der Waals surface area (Å²) in [5.74, 6) is 0. The minimum atomic E-state index is -0.291. The zero-order chi connectivity index (χ0) is 11.8. The van der Waals surface area contributed by atoms with Gasteiger partial charge in [0.1, 0.15) is 0 Å². The molecule has 2 rings (SSSR count). The fourth-order valence-electron chi connectivity index (χ4n) is 1.84. The van der Waals surface area contributed by atoms with Crippen molar-refractivity contribution in [2.45, 2.75) is 23.5 Å². The maximum atomic E-state index is 11.7. The van der Waals surface area contributed by atoms with Gasteiger partial charge in [0.05, 0.1) is 12.8 Å². The van der Waals surface area contributed by atoms with Crippen LogP contribution in [0.2, 0.25) is 0 Å². The Morgan fingerprint density at radius 3 is 2.81 bits per heavy atom. The zero-order valence-electron chi connectivity index (χ0n) is 9.69. The molecule has 86 valence electrons. The second-order valence-corrected chi connectivity index (χ2v) is 6.13. The van der Waals surface area contributed by atoms with E-state index in [1.54, 1.807) is 16.7 Å². The lowest BCUT2D eigenvalue weighted by molar-refractivity contribution is 0.178. The number of benzene rings is 1. The number of nitrogens with zero attached hydrogens (tertiary/aromatic N) is 1. The molecule has 3 nitrogen and oxygen atoms in total. The number of ether oxygens (including phenoxy) is 1. The van der Waals surface area contributed by atoms with Crippen molar-refractivity contribution in [3.63, 3.8) is 0 Å². The van der Waals surface area contributed by atoms with Gasteiger partial charge in [-0.3, -0.25) is 4.90 Å². The number of anilines is 1. The molecule has 0 fully saturated rings. The summed E-state index contributed by atoms with van der Waals surface area (Å²) in [6.07, 6.45) is -0.291. The molecule has 0 N–H and O–H groups in total. The third-order valence-corrected chi connectivity index (χ3v) is 3.72. The summed E-state index contributed by atoms with van der Waals surface area (Å²) in [6.45, 7) is 4.93. The quantitative estimate of drug-likeness (QED) is 0.694. The Hall–Kier alpha value is -1.16. The third-order valence-electron chi connectivity index (χ3n) is 2.48. The molecule has 1 aromatic rings. The fraction of sp³-hybridized carbons (Fsp3) is 0.417. The average molecular weight is 237 g/mol. The van der Waals surface area contributed by atoms with E-state index in [1.807, 2.05) is 24.3 Å². The summed E-state index contributed by atoms with van der Waals surface area (Å²) < 4.78 is 4.83. The van der Waals surface area contributed by atoms with Gasteiger partial charge in [0.2, 0.25) is 0 Å². The number of thioether (sulfide) groups is 1. The number of hydrogen-bond donors (Lipinski definition) is 0. The van der Waals surface area contributed by atoms with Gasteiger partial charge in [0.25, 0.3) is 0 Å². The van der Waals surface area contributed by atoms with Crippen LogP contribution in [-0.2, 0) is 4.74 Å². The minimum Gasteiger partial charge on any atom is -0.452 e. The first kappa shape index (κ1) is 11.3. The van der Waals surface area contributed by atoms with Gasteiger partial charge in [-0.1, -0.05) is 12.1 Å². The summed E-state index contributed by atoms with van der Waals surface area (Å²) in [4.78, 5) is 14.5. The predicted octanol–water partition coefficient (Wildman–Crippen LogP) is 3.14. The van der Waals surface area contributed by atoms with Crippen LogP contribution in [0.1, 0.15) is 13.8 Å². The molecular weight excluding hydrogens is 222 g/mol. The van der Waals surface area contributed by atoms with Gasteiger partial charge in [0.15, 0.2) is 0 Å². The summed E-state index contributed by atoms with van der Waals surface area (Å²) >= 11 is 1.80. The monoisotopic (exact) mass is 237 g/mol. The molecule has 0 aliphatic carbocycles. The number of hydrogen-bond acceptors (Lipinski definition) is 3. The number of fused-ring (bicyclic) bond motifs is 1. The Labute approximate surface area is 99.8 Å². The molecule has 16 heavy (non-hydrogen) atoms. The van der Waals surface area contributed by atoms with Crippen LogP contribution in [0, 0.1) is 0 Å². The molecule has 4 heteroatoms. The highest BCUT2D eigenvalue weighted by atomic mass is 32.2. The van der Waals surface area contributed by atoms with Crippen molar-refractivity contribution in [2.24, 2.45) is 0 Å². The maximum absolute atomic E-state index is 11.7. The standard InChI is InChI=1S/C12H15NO2S/c1-12(2)8-13(11(14)15-3)9-6-4-5-7-10(9)16-12/h4-7H,8H2,1-3H3. The largest absolute Gasteiger partial charge is 0.452 e. The van der Waals surface area contributed by atoms with Crippen LogP contribution in [0.4, 0.5) is 10.5 Å². The lowest BCUT2D eigenvalue weighted by atomic mass is 10.1. The molecule has 0 radical (unpaired) electrons. The van der Waals surface area contributed by atoms with Crippen molar-refractivity contribution in [2.75, 3.05) is 18.6 Å². The molecule has 1 aliphatic rings. The highest BCUT2D eigenvalue weighted by molar-refractivity contribution is 8.00. The SMILES string of the molecule is COC(=O)N1CC(C)(C)Sc2ccccc21. The Morgan fingerprint density at radius 2 is 2.12 bits per heavy atom. The maximum Gasteiger partial charge on any atom is 0.414 e. The van der Waals surface area contributed by atoms with Gasteiger partial charge in [-0.15, -0.1) is 11.8 Å². The summed E-state index contributed by atoms with van der Waals surface area (Å²) in [5, 5.41) is 0.